The molecule has 0 spiro atoms. The highest BCUT2D eigenvalue weighted by Crippen LogP contribution is 2.46. The van der Waals surface area contributed by atoms with Crippen LogP contribution >= 0.6 is 11.8 Å². The van der Waals surface area contributed by atoms with Gasteiger partial charge in [0.05, 0.1) is 11.8 Å². The number of hydrogen-bond acceptors (Lipinski definition) is 6. The van der Waals surface area contributed by atoms with Crippen molar-refractivity contribution in [2.75, 3.05) is 5.32 Å². The van der Waals surface area contributed by atoms with Crippen molar-refractivity contribution in [3.05, 3.63) is 18.2 Å². The molecular weight excluding hydrogens is 300 g/mol. The average Bonchev–Trinajstić information content (AvgIpc) is 2.61. The van der Waals surface area contributed by atoms with Gasteiger partial charge in [-0.3, -0.25) is 0 Å². The zero-order valence-corrected chi connectivity index (χ0v) is 14.9. The summed E-state index contributed by atoms with van der Waals surface area (Å²) in [4.78, 5) is 1.05. The van der Waals surface area contributed by atoms with E-state index in [0.29, 0.717) is 0 Å². The lowest BCUT2D eigenvalue weighted by molar-refractivity contribution is -0.0468. The first-order valence-corrected chi connectivity index (χ1v) is 8.34. The van der Waals surface area contributed by atoms with Crippen LogP contribution in [0.15, 0.2) is 23.1 Å². The molecule has 0 saturated heterocycles. The van der Waals surface area contributed by atoms with Gasteiger partial charge in [0.2, 0.25) is 0 Å². The lowest BCUT2D eigenvalue weighted by atomic mass is 10.2. The van der Waals surface area contributed by atoms with Crippen LogP contribution in [-0.4, -0.2) is 28.2 Å². The summed E-state index contributed by atoms with van der Waals surface area (Å²) in [6.45, 7) is 11.7. The van der Waals surface area contributed by atoms with Gasteiger partial charge < -0.3 is 19.9 Å². The minimum atomic E-state index is -0.870. The van der Waals surface area contributed by atoms with Crippen molar-refractivity contribution in [1.29, 1.82) is 0 Å². The van der Waals surface area contributed by atoms with Crippen LogP contribution in [0.4, 0.5) is 5.69 Å². The number of nitrogens with one attached hydrogen (secondary N) is 2. The topological polar surface area (TPSA) is 62.8 Å². The summed E-state index contributed by atoms with van der Waals surface area (Å²) in [7, 11) is 0. The Morgan fingerprint density at radius 1 is 1.27 bits per heavy atom. The maximum atomic E-state index is 9.71. The van der Waals surface area contributed by atoms with Crippen LogP contribution in [0, 0.1) is 0 Å². The molecule has 1 heterocycles. The van der Waals surface area contributed by atoms with Crippen LogP contribution in [0.3, 0.4) is 0 Å². The first-order chi connectivity index (χ1) is 10.1. The summed E-state index contributed by atoms with van der Waals surface area (Å²) in [5, 5.41) is 15.2. The SMILES string of the molecule is CC(C)OC1(N[C@@H](C)O)Nc2cc(OC(C)(C)C)ccc2S1. The van der Waals surface area contributed by atoms with Crippen molar-refractivity contribution < 1.29 is 14.6 Å². The molecule has 2 atom stereocenters. The molecule has 124 valence electrons. The minimum absolute atomic E-state index is 0.00542. The Labute approximate surface area is 136 Å². The van der Waals surface area contributed by atoms with Gasteiger partial charge in [0.25, 0.3) is 5.18 Å². The van der Waals surface area contributed by atoms with Crippen molar-refractivity contribution in [1.82, 2.24) is 5.32 Å². The van der Waals surface area contributed by atoms with E-state index in [2.05, 4.69) is 10.6 Å². The molecule has 0 aromatic heterocycles. The normalized spacial score (nSPS) is 22.4. The quantitative estimate of drug-likeness (QED) is 0.721. The van der Waals surface area contributed by atoms with Crippen molar-refractivity contribution >= 4 is 17.4 Å². The van der Waals surface area contributed by atoms with Gasteiger partial charge in [0, 0.05) is 11.0 Å². The van der Waals surface area contributed by atoms with E-state index < -0.39 is 11.4 Å². The molecule has 1 unspecified atom stereocenters. The van der Waals surface area contributed by atoms with Crippen molar-refractivity contribution in [3.8, 4) is 5.75 Å². The Kier molecular flexibility index (Phi) is 4.96. The molecule has 22 heavy (non-hydrogen) atoms. The maximum absolute atomic E-state index is 9.71. The molecule has 0 fully saturated rings. The summed E-state index contributed by atoms with van der Waals surface area (Å²) in [5.74, 6) is 0.803. The molecular formula is C16H26N2O3S. The summed E-state index contributed by atoms with van der Waals surface area (Å²) < 4.78 is 11.9. The van der Waals surface area contributed by atoms with Gasteiger partial charge >= 0.3 is 0 Å². The smallest absolute Gasteiger partial charge is 0.254 e. The highest BCUT2D eigenvalue weighted by molar-refractivity contribution is 8.01. The third kappa shape index (κ3) is 4.52. The Morgan fingerprint density at radius 3 is 2.50 bits per heavy atom. The van der Waals surface area contributed by atoms with Crippen LogP contribution in [-0.2, 0) is 4.74 Å². The summed E-state index contributed by atoms with van der Waals surface area (Å²) >= 11 is 1.51. The third-order valence-corrected chi connectivity index (χ3v) is 3.91. The largest absolute Gasteiger partial charge is 0.488 e. The third-order valence-electron chi connectivity index (χ3n) is 2.73. The molecule has 3 N–H and O–H groups in total. The predicted octanol–water partition coefficient (Wildman–Crippen LogP) is 3.35. The molecule has 0 saturated carbocycles. The number of ether oxygens (including phenoxy) is 2. The van der Waals surface area contributed by atoms with E-state index in [1.165, 1.54) is 11.8 Å². The molecule has 0 radical (unpaired) electrons. The maximum Gasteiger partial charge on any atom is 0.254 e. The fourth-order valence-electron chi connectivity index (χ4n) is 2.23. The molecule has 5 nitrogen and oxygen atoms in total. The zero-order valence-electron chi connectivity index (χ0n) is 14.1. The summed E-state index contributed by atoms with van der Waals surface area (Å²) in [6, 6.07) is 5.92. The number of thioether (sulfide) groups is 1. The lowest BCUT2D eigenvalue weighted by Gasteiger charge is -2.33. The predicted molar refractivity (Wildman–Crippen MR) is 90.1 cm³/mol. The molecule has 0 bridgehead atoms. The van der Waals surface area contributed by atoms with Crippen molar-refractivity contribution in [2.24, 2.45) is 0 Å². The monoisotopic (exact) mass is 326 g/mol. The highest BCUT2D eigenvalue weighted by Gasteiger charge is 2.41. The molecule has 1 aromatic rings. The fraction of sp³-hybridized carbons (Fsp3) is 0.625. The van der Waals surface area contributed by atoms with Gasteiger partial charge in [0.1, 0.15) is 17.6 Å². The van der Waals surface area contributed by atoms with E-state index >= 15 is 0 Å². The van der Waals surface area contributed by atoms with Crippen molar-refractivity contribution in [2.45, 2.75) is 69.6 Å². The Hall–Kier alpha value is -0.950. The second kappa shape index (κ2) is 6.28. The van der Waals surface area contributed by atoms with E-state index in [9.17, 15) is 5.11 Å². The van der Waals surface area contributed by atoms with Gasteiger partial charge in [-0.15, -0.1) is 0 Å². The van der Waals surface area contributed by atoms with Gasteiger partial charge in [-0.2, -0.15) is 0 Å². The number of aliphatic hydroxyl groups is 1. The number of hydrogen-bond donors (Lipinski definition) is 3. The van der Waals surface area contributed by atoms with E-state index in [0.717, 1.165) is 16.3 Å². The van der Waals surface area contributed by atoms with E-state index in [-0.39, 0.29) is 11.7 Å². The van der Waals surface area contributed by atoms with Crippen LogP contribution < -0.4 is 15.4 Å². The lowest BCUT2D eigenvalue weighted by Crippen LogP contribution is -2.53. The molecule has 6 heteroatoms. The van der Waals surface area contributed by atoms with Gasteiger partial charge in [0.15, 0.2) is 0 Å². The van der Waals surface area contributed by atoms with Crippen LogP contribution in [0.25, 0.3) is 0 Å². The van der Waals surface area contributed by atoms with Gasteiger partial charge in [-0.05, 0) is 65.4 Å². The highest BCUT2D eigenvalue weighted by atomic mass is 32.2. The van der Waals surface area contributed by atoms with E-state index in [1.54, 1.807) is 6.92 Å². The van der Waals surface area contributed by atoms with Gasteiger partial charge in [-0.25, -0.2) is 5.32 Å². The fourth-order valence-corrected chi connectivity index (χ4v) is 3.53. The first kappa shape index (κ1) is 17.4. The molecule has 0 aliphatic carbocycles. The van der Waals surface area contributed by atoms with E-state index in [4.69, 9.17) is 9.47 Å². The van der Waals surface area contributed by atoms with Crippen LogP contribution in [0.2, 0.25) is 0 Å². The number of benzene rings is 1. The Morgan fingerprint density at radius 2 is 1.95 bits per heavy atom. The zero-order chi connectivity index (χ0) is 16.5. The molecule has 1 aliphatic heterocycles. The van der Waals surface area contributed by atoms with Gasteiger partial charge in [-0.1, -0.05) is 0 Å². The molecule has 2 rings (SSSR count). The number of fused-ring (bicyclic) bond motifs is 1. The standard InChI is InChI=1S/C16H26N2O3S/c1-10(2)20-16(17-11(3)19)18-13-9-12(21-15(4,5)6)7-8-14(13)22-16/h7-11,17-19H,1-6H3/t11-,16?/m1/s1. The summed E-state index contributed by atoms with van der Waals surface area (Å²) in [5.41, 5.74) is 0.684. The molecule has 0 amide bonds. The van der Waals surface area contributed by atoms with E-state index in [1.807, 2.05) is 52.8 Å². The number of rotatable bonds is 5. The first-order valence-electron chi connectivity index (χ1n) is 7.52. The summed E-state index contributed by atoms with van der Waals surface area (Å²) in [6.07, 6.45) is -0.691. The second-order valence-electron chi connectivity index (χ2n) is 6.70. The minimum Gasteiger partial charge on any atom is -0.488 e. The molecule has 1 aromatic carbocycles. The average molecular weight is 326 g/mol. The Balaban J connectivity index is 2.22. The molecule has 1 aliphatic rings. The van der Waals surface area contributed by atoms with Crippen LogP contribution in [0.5, 0.6) is 5.75 Å². The van der Waals surface area contributed by atoms with Crippen molar-refractivity contribution in [3.63, 3.8) is 0 Å². The number of aliphatic hydroxyl groups excluding tert-OH is 1. The second-order valence-corrected chi connectivity index (χ2v) is 7.92. The number of anilines is 1. The van der Waals surface area contributed by atoms with Crippen LogP contribution in [0.1, 0.15) is 41.5 Å². The Bertz CT molecular complexity index is 517.